The molecule has 0 fully saturated rings. The van der Waals surface area contributed by atoms with Crippen LogP contribution in [0.25, 0.3) is 10.8 Å². The van der Waals surface area contributed by atoms with E-state index in [0.717, 1.165) is 17.6 Å². The quantitative estimate of drug-likeness (QED) is 0.792. The van der Waals surface area contributed by atoms with Gasteiger partial charge in [-0.2, -0.15) is 0 Å². The summed E-state index contributed by atoms with van der Waals surface area (Å²) >= 11 is 1.38. The summed E-state index contributed by atoms with van der Waals surface area (Å²) in [6.45, 7) is 2.98. The lowest BCUT2D eigenvalue weighted by Crippen LogP contribution is -2.22. The second-order valence-electron chi connectivity index (χ2n) is 4.26. The van der Waals surface area contributed by atoms with Crippen molar-refractivity contribution in [2.24, 2.45) is 0 Å². The van der Waals surface area contributed by atoms with Crippen LogP contribution in [0.3, 0.4) is 0 Å². The molecule has 4 nitrogen and oxygen atoms in total. The molecule has 0 aliphatic heterocycles. The minimum Gasteiger partial charge on any atom is -0.305 e. The van der Waals surface area contributed by atoms with E-state index in [1.807, 2.05) is 17.8 Å². The molecular weight excluding hydrogens is 256 g/mol. The first-order valence-corrected chi connectivity index (χ1v) is 7.06. The molecule has 0 bridgehead atoms. The Balaban J connectivity index is 2.15. The van der Waals surface area contributed by atoms with Gasteiger partial charge in [0.25, 0.3) is 0 Å². The number of pyridine rings is 1. The van der Waals surface area contributed by atoms with Crippen molar-refractivity contribution >= 4 is 22.3 Å². The third kappa shape index (κ3) is 2.34. The van der Waals surface area contributed by atoms with E-state index < -0.39 is 0 Å². The van der Waals surface area contributed by atoms with Gasteiger partial charge < -0.3 is 5.32 Å². The average Bonchev–Trinajstić information content (AvgIpc) is 2.98. The van der Waals surface area contributed by atoms with Gasteiger partial charge in [-0.1, -0.05) is 29.6 Å². The highest BCUT2D eigenvalue weighted by molar-refractivity contribution is 7.03. The molecule has 0 aliphatic carbocycles. The largest absolute Gasteiger partial charge is 0.305 e. The van der Waals surface area contributed by atoms with Crippen molar-refractivity contribution in [3.63, 3.8) is 0 Å². The van der Waals surface area contributed by atoms with E-state index in [1.165, 1.54) is 22.5 Å². The van der Waals surface area contributed by atoms with Gasteiger partial charge in [0.2, 0.25) is 0 Å². The van der Waals surface area contributed by atoms with Gasteiger partial charge in [0, 0.05) is 23.2 Å². The van der Waals surface area contributed by atoms with Crippen LogP contribution in [0.2, 0.25) is 0 Å². The predicted molar refractivity (Wildman–Crippen MR) is 77.2 cm³/mol. The summed E-state index contributed by atoms with van der Waals surface area (Å²) in [7, 11) is 0. The standard InChI is InChI=1S/C14H14N4S/c1-2-16-14(13-9-19-18-17-13)12-5-3-4-10-8-15-7-6-11(10)12/h3-9,14,16H,2H2,1H3. The summed E-state index contributed by atoms with van der Waals surface area (Å²) in [4.78, 5) is 4.18. The van der Waals surface area contributed by atoms with Crippen molar-refractivity contribution in [1.82, 2.24) is 19.9 Å². The number of hydrogen-bond donors (Lipinski definition) is 1. The number of nitrogens with one attached hydrogen (secondary N) is 1. The zero-order valence-electron chi connectivity index (χ0n) is 10.6. The molecule has 19 heavy (non-hydrogen) atoms. The number of nitrogens with zero attached hydrogens (tertiary/aromatic N) is 3. The summed E-state index contributed by atoms with van der Waals surface area (Å²) in [6.07, 6.45) is 3.72. The van der Waals surface area contributed by atoms with Crippen LogP contribution in [0.15, 0.2) is 42.0 Å². The van der Waals surface area contributed by atoms with E-state index >= 15 is 0 Å². The highest BCUT2D eigenvalue weighted by atomic mass is 32.1. The molecule has 3 rings (SSSR count). The molecule has 1 unspecified atom stereocenters. The van der Waals surface area contributed by atoms with E-state index in [1.54, 1.807) is 0 Å². The summed E-state index contributed by atoms with van der Waals surface area (Å²) in [5.74, 6) is 0. The molecular formula is C14H14N4S. The van der Waals surface area contributed by atoms with Crippen LogP contribution < -0.4 is 5.32 Å². The first-order chi connectivity index (χ1) is 9.40. The van der Waals surface area contributed by atoms with Crippen molar-refractivity contribution in [2.75, 3.05) is 6.54 Å². The number of rotatable bonds is 4. The highest BCUT2D eigenvalue weighted by Gasteiger charge is 2.17. The van der Waals surface area contributed by atoms with Crippen molar-refractivity contribution < 1.29 is 0 Å². The van der Waals surface area contributed by atoms with E-state index in [2.05, 4.69) is 51.1 Å². The van der Waals surface area contributed by atoms with Gasteiger partial charge >= 0.3 is 0 Å². The lowest BCUT2D eigenvalue weighted by molar-refractivity contribution is 0.617. The van der Waals surface area contributed by atoms with Gasteiger partial charge in [0.15, 0.2) is 0 Å². The highest BCUT2D eigenvalue weighted by Crippen LogP contribution is 2.27. The molecule has 3 aromatic rings. The number of hydrogen-bond acceptors (Lipinski definition) is 5. The van der Waals surface area contributed by atoms with Gasteiger partial charge in [0.05, 0.1) is 11.7 Å². The smallest absolute Gasteiger partial charge is 0.0970 e. The molecule has 0 radical (unpaired) electrons. The van der Waals surface area contributed by atoms with Crippen molar-refractivity contribution in [1.29, 1.82) is 0 Å². The normalized spacial score (nSPS) is 12.7. The summed E-state index contributed by atoms with van der Waals surface area (Å²) < 4.78 is 3.97. The van der Waals surface area contributed by atoms with E-state index in [-0.39, 0.29) is 6.04 Å². The minimum absolute atomic E-state index is 0.0786. The molecule has 1 atom stereocenters. The van der Waals surface area contributed by atoms with Crippen LogP contribution in [-0.2, 0) is 0 Å². The number of aromatic nitrogens is 3. The second-order valence-corrected chi connectivity index (χ2v) is 4.87. The maximum Gasteiger partial charge on any atom is 0.0970 e. The van der Waals surface area contributed by atoms with Crippen LogP contribution in [0.5, 0.6) is 0 Å². The molecule has 0 saturated carbocycles. The number of fused-ring (bicyclic) bond motifs is 1. The van der Waals surface area contributed by atoms with Crippen LogP contribution in [-0.4, -0.2) is 21.1 Å². The summed E-state index contributed by atoms with van der Waals surface area (Å²) in [6, 6.07) is 8.40. The third-order valence-electron chi connectivity index (χ3n) is 3.11. The maximum atomic E-state index is 4.21. The van der Waals surface area contributed by atoms with Crippen LogP contribution in [0, 0.1) is 0 Å². The average molecular weight is 270 g/mol. The molecule has 1 aromatic carbocycles. The van der Waals surface area contributed by atoms with Crippen LogP contribution >= 0.6 is 11.5 Å². The maximum absolute atomic E-state index is 4.21. The molecule has 96 valence electrons. The Morgan fingerprint density at radius 2 is 2.26 bits per heavy atom. The Morgan fingerprint density at radius 3 is 3.05 bits per heavy atom. The van der Waals surface area contributed by atoms with Crippen LogP contribution in [0.1, 0.15) is 24.2 Å². The predicted octanol–water partition coefficient (Wildman–Crippen LogP) is 2.79. The molecule has 2 heterocycles. The zero-order chi connectivity index (χ0) is 13.1. The number of benzene rings is 1. The molecule has 0 aliphatic rings. The molecule has 2 aromatic heterocycles. The molecule has 5 heteroatoms. The van der Waals surface area contributed by atoms with Gasteiger partial charge in [-0.05, 0) is 35.1 Å². The van der Waals surface area contributed by atoms with E-state index in [9.17, 15) is 0 Å². The van der Waals surface area contributed by atoms with E-state index in [4.69, 9.17) is 0 Å². The lowest BCUT2D eigenvalue weighted by atomic mass is 9.98. The third-order valence-corrected chi connectivity index (χ3v) is 3.63. The Bertz CT molecular complexity index is 661. The zero-order valence-corrected chi connectivity index (χ0v) is 11.4. The summed E-state index contributed by atoms with van der Waals surface area (Å²) in [5.41, 5.74) is 2.19. The minimum atomic E-state index is 0.0786. The molecule has 0 saturated heterocycles. The van der Waals surface area contributed by atoms with Gasteiger partial charge in [-0.25, -0.2) is 0 Å². The summed E-state index contributed by atoms with van der Waals surface area (Å²) in [5, 5.41) is 12.0. The fraction of sp³-hybridized carbons (Fsp3) is 0.214. The van der Waals surface area contributed by atoms with Crippen molar-refractivity contribution in [3.8, 4) is 0 Å². The van der Waals surface area contributed by atoms with Gasteiger partial charge in [0.1, 0.15) is 0 Å². The second kappa shape index (κ2) is 5.42. The molecule has 0 amide bonds. The Hall–Kier alpha value is -1.85. The topological polar surface area (TPSA) is 50.7 Å². The fourth-order valence-electron chi connectivity index (χ4n) is 2.27. The first-order valence-electron chi connectivity index (χ1n) is 6.23. The Morgan fingerprint density at radius 1 is 1.32 bits per heavy atom. The van der Waals surface area contributed by atoms with Crippen molar-refractivity contribution in [3.05, 3.63) is 53.3 Å². The lowest BCUT2D eigenvalue weighted by Gasteiger charge is -2.17. The monoisotopic (exact) mass is 270 g/mol. The van der Waals surface area contributed by atoms with Crippen molar-refractivity contribution in [2.45, 2.75) is 13.0 Å². The molecule has 0 spiro atoms. The fourth-order valence-corrected chi connectivity index (χ4v) is 2.75. The van der Waals surface area contributed by atoms with E-state index in [0.29, 0.717) is 0 Å². The Kier molecular flexibility index (Phi) is 3.48. The molecule has 1 N–H and O–H groups in total. The SMILES string of the molecule is CCNC(c1csnn1)c1cccc2cnccc12. The van der Waals surface area contributed by atoms with Gasteiger partial charge in [-0.3, -0.25) is 4.98 Å². The Labute approximate surface area is 115 Å². The van der Waals surface area contributed by atoms with Gasteiger partial charge in [-0.15, -0.1) is 5.10 Å². The van der Waals surface area contributed by atoms with Crippen LogP contribution in [0.4, 0.5) is 0 Å². The first kappa shape index (κ1) is 12.2.